The molecule has 0 radical (unpaired) electrons. The molecule has 1 aliphatic heterocycles. The molecule has 0 saturated heterocycles. The molecule has 0 bridgehead atoms. The first-order valence-corrected chi connectivity index (χ1v) is 15.5. The number of hydrogen-bond donors (Lipinski definition) is 1. The number of rotatable bonds is 10. The van der Waals surface area contributed by atoms with E-state index in [1.807, 2.05) is 36.4 Å². The van der Waals surface area contributed by atoms with Crippen molar-refractivity contribution in [1.82, 2.24) is 9.55 Å². The van der Waals surface area contributed by atoms with E-state index >= 15 is 0 Å². The Labute approximate surface area is 201 Å². The van der Waals surface area contributed by atoms with Crippen molar-refractivity contribution >= 4 is 19.7 Å². The molecule has 6 nitrogen and oxygen atoms in total. The summed E-state index contributed by atoms with van der Waals surface area (Å²) in [7, 11) is -1.19. The highest BCUT2D eigenvalue weighted by Crippen LogP contribution is 2.47. The number of fused-ring (bicyclic) bond motifs is 5. The lowest BCUT2D eigenvalue weighted by atomic mass is 10.0. The molecule has 0 aliphatic carbocycles. The fraction of sp³-hybridized carbons (Fsp3) is 0.400. The highest BCUT2D eigenvalue weighted by Gasteiger charge is 2.28. The van der Waals surface area contributed by atoms with Crippen LogP contribution in [0, 0.1) is 0 Å². The minimum atomic E-state index is -1.19. The maximum Gasteiger partial charge on any atom is 0.137 e. The summed E-state index contributed by atoms with van der Waals surface area (Å²) in [6, 6.07) is 14.8. The molecule has 8 heteroatoms. The van der Waals surface area contributed by atoms with Gasteiger partial charge in [0.25, 0.3) is 0 Å². The van der Waals surface area contributed by atoms with Gasteiger partial charge in [-0.15, -0.1) is 0 Å². The molecule has 176 valence electrons. The summed E-state index contributed by atoms with van der Waals surface area (Å²) in [5.41, 5.74) is 9.23. The molecule has 2 N–H and O–H groups in total. The Bertz CT molecular complexity index is 1110. The summed E-state index contributed by atoms with van der Waals surface area (Å²) in [5, 5.41) is 0.635. The minimum Gasteiger partial charge on any atom is -0.456 e. The molecular formula is C25H32ClN3O3Si. The van der Waals surface area contributed by atoms with Crippen molar-refractivity contribution in [3.8, 4) is 34.0 Å². The zero-order chi connectivity index (χ0) is 23.4. The third kappa shape index (κ3) is 5.67. The SMILES string of the molecule is C[Si](C)(C)CCOCn1c(COCCCN)nc2c1-c1ccccc1Oc1ccc(Cl)cc1-2. The van der Waals surface area contributed by atoms with Crippen LogP contribution in [0.4, 0.5) is 0 Å². The maximum atomic E-state index is 6.37. The largest absolute Gasteiger partial charge is 0.456 e. The van der Waals surface area contributed by atoms with Crippen LogP contribution in [0.2, 0.25) is 30.7 Å². The van der Waals surface area contributed by atoms with Gasteiger partial charge in [0.15, 0.2) is 0 Å². The Morgan fingerprint density at radius 1 is 1.03 bits per heavy atom. The van der Waals surface area contributed by atoms with Crippen molar-refractivity contribution in [3.63, 3.8) is 0 Å². The molecule has 4 rings (SSSR count). The van der Waals surface area contributed by atoms with Crippen molar-refractivity contribution in [2.24, 2.45) is 5.73 Å². The van der Waals surface area contributed by atoms with Gasteiger partial charge >= 0.3 is 0 Å². The van der Waals surface area contributed by atoms with Crippen LogP contribution >= 0.6 is 11.6 Å². The quantitative estimate of drug-likeness (QED) is 0.215. The highest BCUT2D eigenvalue weighted by atomic mass is 35.5. The summed E-state index contributed by atoms with van der Waals surface area (Å²) < 4.78 is 20.5. The average molecular weight is 486 g/mol. The summed E-state index contributed by atoms with van der Waals surface area (Å²) in [6.45, 7) is 9.74. The van der Waals surface area contributed by atoms with Crippen LogP contribution in [0.15, 0.2) is 42.5 Å². The number of imidazole rings is 1. The van der Waals surface area contributed by atoms with Crippen LogP contribution in [-0.2, 0) is 22.8 Å². The first-order chi connectivity index (χ1) is 15.9. The summed E-state index contributed by atoms with van der Waals surface area (Å²) in [5.74, 6) is 2.32. The van der Waals surface area contributed by atoms with Crippen LogP contribution in [-0.4, -0.2) is 37.4 Å². The smallest absolute Gasteiger partial charge is 0.137 e. The first-order valence-electron chi connectivity index (χ1n) is 11.4. The lowest BCUT2D eigenvalue weighted by Crippen LogP contribution is -2.22. The Morgan fingerprint density at radius 3 is 2.61 bits per heavy atom. The van der Waals surface area contributed by atoms with Crippen LogP contribution in [0.25, 0.3) is 22.5 Å². The first kappa shape index (κ1) is 24.0. The molecule has 33 heavy (non-hydrogen) atoms. The number of aromatic nitrogens is 2. The van der Waals surface area contributed by atoms with Gasteiger partial charge in [0.1, 0.15) is 36.4 Å². The predicted molar refractivity (Wildman–Crippen MR) is 136 cm³/mol. The second kappa shape index (κ2) is 10.4. The number of hydrogen-bond acceptors (Lipinski definition) is 5. The van der Waals surface area contributed by atoms with E-state index in [0.717, 1.165) is 58.9 Å². The molecule has 0 amide bonds. The topological polar surface area (TPSA) is 71.5 Å². The fourth-order valence-corrected chi connectivity index (χ4v) is 4.67. The van der Waals surface area contributed by atoms with Crippen molar-refractivity contribution in [3.05, 3.63) is 53.3 Å². The molecular weight excluding hydrogens is 454 g/mol. The molecule has 0 atom stereocenters. The molecule has 3 aromatic rings. The number of nitrogens with zero attached hydrogens (tertiary/aromatic N) is 2. The monoisotopic (exact) mass is 485 g/mol. The van der Waals surface area contributed by atoms with E-state index in [4.69, 9.17) is 36.5 Å². The summed E-state index contributed by atoms with van der Waals surface area (Å²) in [4.78, 5) is 5.01. The molecule has 2 aromatic carbocycles. The molecule has 1 aliphatic rings. The summed E-state index contributed by atoms with van der Waals surface area (Å²) >= 11 is 6.37. The lowest BCUT2D eigenvalue weighted by Gasteiger charge is -2.18. The number of nitrogens with two attached hydrogens (primary N) is 1. The fourth-order valence-electron chi connectivity index (χ4n) is 3.74. The van der Waals surface area contributed by atoms with Crippen LogP contribution in [0.1, 0.15) is 12.2 Å². The molecule has 0 unspecified atom stereocenters. The van der Waals surface area contributed by atoms with E-state index in [1.54, 1.807) is 0 Å². The van der Waals surface area contributed by atoms with E-state index in [0.29, 0.717) is 31.5 Å². The zero-order valence-electron chi connectivity index (χ0n) is 19.6. The van der Waals surface area contributed by atoms with Crippen LogP contribution in [0.3, 0.4) is 0 Å². The lowest BCUT2D eigenvalue weighted by molar-refractivity contribution is 0.0721. The van der Waals surface area contributed by atoms with Gasteiger partial charge in [0.2, 0.25) is 0 Å². The third-order valence-corrected chi connectivity index (χ3v) is 7.49. The summed E-state index contributed by atoms with van der Waals surface area (Å²) in [6.07, 6.45) is 0.808. The van der Waals surface area contributed by atoms with Crippen LogP contribution < -0.4 is 10.5 Å². The van der Waals surface area contributed by atoms with Gasteiger partial charge in [-0.1, -0.05) is 43.4 Å². The van der Waals surface area contributed by atoms with Gasteiger partial charge in [0.05, 0.1) is 5.69 Å². The van der Waals surface area contributed by atoms with Crippen molar-refractivity contribution in [1.29, 1.82) is 0 Å². The number of ether oxygens (including phenoxy) is 3. The predicted octanol–water partition coefficient (Wildman–Crippen LogP) is 6.15. The molecule has 0 fully saturated rings. The van der Waals surface area contributed by atoms with Crippen molar-refractivity contribution in [2.45, 2.75) is 45.4 Å². The van der Waals surface area contributed by atoms with Gasteiger partial charge in [-0.2, -0.15) is 0 Å². The van der Waals surface area contributed by atoms with Gasteiger partial charge in [-0.3, -0.25) is 0 Å². The van der Waals surface area contributed by atoms with E-state index in [1.165, 1.54) is 0 Å². The zero-order valence-corrected chi connectivity index (χ0v) is 21.3. The number of benzene rings is 2. The Hall–Kier alpha value is -2.16. The minimum absolute atomic E-state index is 0.378. The van der Waals surface area contributed by atoms with Gasteiger partial charge in [-0.25, -0.2) is 4.98 Å². The Kier molecular flexibility index (Phi) is 7.56. The highest BCUT2D eigenvalue weighted by molar-refractivity contribution is 6.76. The van der Waals surface area contributed by atoms with Crippen molar-refractivity contribution in [2.75, 3.05) is 19.8 Å². The van der Waals surface area contributed by atoms with Crippen LogP contribution in [0.5, 0.6) is 11.5 Å². The average Bonchev–Trinajstić information content (AvgIpc) is 3.06. The molecule has 0 saturated carbocycles. The second-order valence-electron chi connectivity index (χ2n) is 9.43. The second-order valence-corrected chi connectivity index (χ2v) is 15.5. The number of halogens is 1. The Morgan fingerprint density at radius 2 is 1.82 bits per heavy atom. The standard InChI is InChI=1S/C25H32ClN3O3Si/c1-33(2,3)14-13-31-17-29-23(16-30-12-6-11-27)28-24-20-15-18(26)9-10-22(20)32-21-8-5-4-7-19(21)25(24)29/h4-5,7-10,15H,6,11-14,16-17,27H2,1-3H3. The third-order valence-electron chi connectivity index (χ3n) is 5.55. The van der Waals surface area contributed by atoms with Gasteiger partial charge < -0.3 is 24.5 Å². The maximum absolute atomic E-state index is 6.37. The van der Waals surface area contributed by atoms with Gasteiger partial charge in [0, 0.05) is 37.4 Å². The van der Waals surface area contributed by atoms with E-state index < -0.39 is 8.07 Å². The van der Waals surface area contributed by atoms with E-state index in [-0.39, 0.29) is 0 Å². The molecule has 0 spiro atoms. The Balaban J connectivity index is 1.78. The van der Waals surface area contributed by atoms with Crippen molar-refractivity contribution < 1.29 is 14.2 Å². The normalized spacial score (nSPS) is 12.5. The molecule has 2 heterocycles. The number of para-hydroxylation sites is 1. The molecule has 1 aromatic heterocycles. The van der Waals surface area contributed by atoms with E-state index in [9.17, 15) is 0 Å². The van der Waals surface area contributed by atoms with Gasteiger partial charge in [-0.05, 0) is 49.3 Å². The van der Waals surface area contributed by atoms with E-state index in [2.05, 4.69) is 30.3 Å².